The van der Waals surface area contributed by atoms with E-state index in [1.807, 2.05) is 24.5 Å². The molecule has 0 bridgehead atoms. The van der Waals surface area contributed by atoms with E-state index in [2.05, 4.69) is 189 Å². The molecule has 5 heteroatoms. The van der Waals surface area contributed by atoms with Crippen molar-refractivity contribution in [2.75, 3.05) is 0 Å². The van der Waals surface area contributed by atoms with Crippen LogP contribution in [0.3, 0.4) is 0 Å². The highest BCUT2D eigenvalue weighted by Crippen LogP contribution is 2.56. The molecular weight excluding hydrogens is 805 g/mol. The minimum atomic E-state index is -0.310. The van der Waals surface area contributed by atoms with Gasteiger partial charge in [0, 0.05) is 66.8 Å². The molecule has 0 amide bonds. The van der Waals surface area contributed by atoms with Gasteiger partial charge in [-0.1, -0.05) is 153 Å². The number of rotatable bonds is 4. The van der Waals surface area contributed by atoms with Crippen LogP contribution < -0.4 is 0 Å². The summed E-state index contributed by atoms with van der Waals surface area (Å²) in [6.45, 7) is 4.72. The summed E-state index contributed by atoms with van der Waals surface area (Å²) in [6.07, 6.45) is 3.68. The number of aromatic nitrogens is 4. The summed E-state index contributed by atoms with van der Waals surface area (Å²) >= 11 is 0. The van der Waals surface area contributed by atoms with Gasteiger partial charge in [0.1, 0.15) is 11.2 Å². The van der Waals surface area contributed by atoms with Gasteiger partial charge in [0.05, 0.1) is 33.5 Å². The highest BCUT2D eigenvalue weighted by atomic mass is 16.3. The third kappa shape index (κ3) is 5.34. The normalized spacial score (nSPS) is 13.1. The van der Waals surface area contributed by atoms with Gasteiger partial charge in [-0.05, 0) is 92.2 Å². The molecule has 66 heavy (non-hydrogen) atoms. The molecule has 0 atom stereocenters. The third-order valence-electron chi connectivity index (χ3n) is 14.2. The Balaban J connectivity index is 0.895. The van der Waals surface area contributed by atoms with Crippen molar-refractivity contribution in [3.63, 3.8) is 0 Å². The molecule has 5 aromatic heterocycles. The predicted molar refractivity (Wildman–Crippen MR) is 272 cm³/mol. The van der Waals surface area contributed by atoms with Crippen molar-refractivity contribution in [3.8, 4) is 55.9 Å². The topological polar surface area (TPSA) is 64.7 Å². The van der Waals surface area contributed by atoms with Crippen molar-refractivity contribution in [2.45, 2.75) is 19.3 Å². The van der Waals surface area contributed by atoms with Crippen molar-refractivity contribution in [3.05, 3.63) is 206 Å². The van der Waals surface area contributed by atoms with Crippen molar-refractivity contribution >= 4 is 76.3 Å². The number of hydrogen-bond acceptors (Lipinski definition) is 5. The highest BCUT2D eigenvalue weighted by Gasteiger charge is 2.39. The highest BCUT2D eigenvalue weighted by molar-refractivity contribution is 6.21. The molecule has 0 saturated heterocycles. The van der Waals surface area contributed by atoms with Crippen molar-refractivity contribution in [1.82, 2.24) is 19.9 Å². The molecule has 0 unspecified atom stereocenters. The van der Waals surface area contributed by atoms with Crippen LogP contribution >= 0.6 is 0 Å². The molecule has 14 rings (SSSR count). The fourth-order valence-electron chi connectivity index (χ4n) is 10.8. The van der Waals surface area contributed by atoms with Crippen molar-refractivity contribution < 1.29 is 4.42 Å². The molecule has 308 valence electrons. The second-order valence-electron chi connectivity index (χ2n) is 18.1. The average molecular weight is 843 g/mol. The summed E-state index contributed by atoms with van der Waals surface area (Å²) in [5, 5.41) is 8.91. The number of pyridine rings is 4. The third-order valence-corrected chi connectivity index (χ3v) is 14.2. The van der Waals surface area contributed by atoms with Crippen LogP contribution in [0.25, 0.3) is 132 Å². The molecule has 13 aromatic rings. The quantitative estimate of drug-likeness (QED) is 0.165. The molecular formula is C61H38N4O. The van der Waals surface area contributed by atoms with Crippen LogP contribution in [0, 0.1) is 0 Å². The van der Waals surface area contributed by atoms with Crippen LogP contribution in [-0.2, 0) is 5.41 Å². The summed E-state index contributed by atoms with van der Waals surface area (Å²) in [7, 11) is 0. The fraction of sp³-hybridized carbons (Fsp3) is 0.0492. The molecule has 8 aromatic carbocycles. The lowest BCUT2D eigenvalue weighted by Crippen LogP contribution is -2.15. The lowest BCUT2D eigenvalue weighted by atomic mass is 9.80. The van der Waals surface area contributed by atoms with Crippen LogP contribution in [0.2, 0.25) is 0 Å². The van der Waals surface area contributed by atoms with Crippen molar-refractivity contribution in [1.29, 1.82) is 0 Å². The monoisotopic (exact) mass is 842 g/mol. The maximum Gasteiger partial charge on any atom is 0.144 e. The Bertz CT molecular complexity index is 4200. The first-order valence-electron chi connectivity index (χ1n) is 22.5. The molecule has 0 fully saturated rings. The molecule has 0 N–H and O–H groups in total. The second kappa shape index (κ2) is 13.7. The van der Waals surface area contributed by atoms with Gasteiger partial charge < -0.3 is 4.42 Å². The zero-order valence-electron chi connectivity index (χ0n) is 36.2. The summed E-state index contributed by atoms with van der Waals surface area (Å²) in [5.74, 6) is 0. The number of para-hydroxylation sites is 1. The van der Waals surface area contributed by atoms with Crippen molar-refractivity contribution in [2.24, 2.45) is 0 Å². The van der Waals surface area contributed by atoms with Crippen LogP contribution in [0.4, 0.5) is 0 Å². The Hall–Kier alpha value is -8.54. The van der Waals surface area contributed by atoms with Gasteiger partial charge in [0.2, 0.25) is 0 Å². The van der Waals surface area contributed by atoms with E-state index in [-0.39, 0.29) is 5.41 Å². The molecule has 5 nitrogen and oxygen atoms in total. The standard InChI is InChI=1S/C61H38N4O/c1-61(2)49-33-41(35-15-17-36(18-16-35)51-29-24-39-21-19-37-9-7-31-62-56(37)58(39)64-51)23-26-46(49)55-50(61)34-48(54-47-13-5-6-14-53(47)66-60(54)55)44-27-28-45(43-12-4-3-11-42(43)44)52-30-25-40-22-20-38-10-8-32-63-57(38)59(40)65-52/h3-34H,1-2H3. The first-order valence-corrected chi connectivity index (χ1v) is 22.5. The van der Waals surface area contributed by atoms with Gasteiger partial charge in [0.25, 0.3) is 0 Å². The summed E-state index contributed by atoms with van der Waals surface area (Å²) in [4.78, 5) is 19.8. The van der Waals surface area contributed by atoms with Gasteiger partial charge >= 0.3 is 0 Å². The zero-order valence-corrected chi connectivity index (χ0v) is 36.2. The lowest BCUT2D eigenvalue weighted by Gasteiger charge is -2.23. The Morgan fingerprint density at radius 2 is 0.939 bits per heavy atom. The van der Waals surface area contributed by atoms with Crippen LogP contribution in [0.5, 0.6) is 0 Å². The summed E-state index contributed by atoms with van der Waals surface area (Å²) < 4.78 is 6.98. The molecule has 0 radical (unpaired) electrons. The SMILES string of the molecule is CC1(C)c2cc(-c3ccc(-c4ccc5ccc6cccnc6c5n4)cc3)ccc2-c2c1cc(-c1ccc(-c3ccc4ccc5cccnc5c4n3)c3ccccc13)c1c2oc2ccccc21. The molecule has 0 saturated carbocycles. The minimum Gasteiger partial charge on any atom is -0.455 e. The van der Waals surface area contributed by atoms with E-state index in [9.17, 15) is 0 Å². The fourth-order valence-corrected chi connectivity index (χ4v) is 10.8. The minimum absolute atomic E-state index is 0.310. The molecule has 0 aliphatic heterocycles. The van der Waals surface area contributed by atoms with Crippen LogP contribution in [-0.4, -0.2) is 19.9 Å². The number of nitrogens with zero attached hydrogens (tertiary/aromatic N) is 4. The van der Waals surface area contributed by atoms with Gasteiger partial charge in [-0.3, -0.25) is 9.97 Å². The van der Waals surface area contributed by atoms with E-state index in [1.54, 1.807) is 0 Å². The Kier molecular flexibility index (Phi) is 7.68. The largest absolute Gasteiger partial charge is 0.455 e. The number of fused-ring (bicyclic) bond motifs is 14. The Morgan fingerprint density at radius 3 is 1.65 bits per heavy atom. The van der Waals surface area contributed by atoms with E-state index < -0.39 is 0 Å². The smallest absolute Gasteiger partial charge is 0.144 e. The molecule has 0 spiro atoms. The summed E-state index contributed by atoms with van der Waals surface area (Å²) in [6, 6.07) is 65.2. The first-order chi connectivity index (χ1) is 32.5. The van der Waals surface area contributed by atoms with E-state index in [4.69, 9.17) is 19.4 Å². The predicted octanol–water partition coefficient (Wildman–Crippen LogP) is 15.9. The zero-order chi connectivity index (χ0) is 43.7. The maximum atomic E-state index is 6.98. The van der Waals surface area contributed by atoms with Gasteiger partial charge in [-0.15, -0.1) is 0 Å². The van der Waals surface area contributed by atoms with E-state index in [0.717, 1.165) is 99.0 Å². The van der Waals surface area contributed by atoms with E-state index in [1.165, 1.54) is 44.3 Å². The Morgan fingerprint density at radius 1 is 0.394 bits per heavy atom. The molecule has 5 heterocycles. The van der Waals surface area contributed by atoms with E-state index >= 15 is 0 Å². The Labute approximate surface area is 379 Å². The second-order valence-corrected chi connectivity index (χ2v) is 18.1. The van der Waals surface area contributed by atoms with Crippen LogP contribution in [0.1, 0.15) is 25.0 Å². The lowest BCUT2D eigenvalue weighted by molar-refractivity contribution is 0.653. The average Bonchev–Trinajstić information content (AvgIpc) is 3.87. The van der Waals surface area contributed by atoms with Gasteiger partial charge in [-0.25, -0.2) is 9.97 Å². The summed E-state index contributed by atoms with van der Waals surface area (Å²) in [5.41, 5.74) is 18.8. The molecule has 1 aliphatic carbocycles. The van der Waals surface area contributed by atoms with E-state index in [0.29, 0.717) is 0 Å². The maximum absolute atomic E-state index is 6.98. The molecule has 1 aliphatic rings. The van der Waals surface area contributed by atoms with Gasteiger partial charge in [0.15, 0.2) is 0 Å². The number of benzene rings is 8. The van der Waals surface area contributed by atoms with Crippen LogP contribution in [0.15, 0.2) is 199 Å². The number of furan rings is 1. The van der Waals surface area contributed by atoms with Gasteiger partial charge in [-0.2, -0.15) is 0 Å². The first kappa shape index (κ1) is 36.9. The number of hydrogen-bond donors (Lipinski definition) is 0.